The summed E-state index contributed by atoms with van der Waals surface area (Å²) in [4.78, 5) is 15.6. The molecule has 0 radical (unpaired) electrons. The van der Waals surface area contributed by atoms with Gasteiger partial charge in [0.05, 0.1) is 0 Å². The van der Waals surface area contributed by atoms with Crippen molar-refractivity contribution in [2.24, 2.45) is 4.99 Å². The molecular formula is C17H26ClF2IN4O3. The zero-order chi connectivity index (χ0) is 20.4. The lowest BCUT2D eigenvalue weighted by Gasteiger charge is -2.20. The lowest BCUT2D eigenvalue weighted by atomic mass is 10.2. The molecule has 0 saturated carbocycles. The number of hydrogen-bond acceptors (Lipinski definition) is 4. The minimum absolute atomic E-state index is 0. The molecule has 0 unspecified atom stereocenters. The van der Waals surface area contributed by atoms with Gasteiger partial charge in [-0.25, -0.2) is 4.79 Å². The zero-order valence-electron chi connectivity index (χ0n) is 16.1. The van der Waals surface area contributed by atoms with Crippen LogP contribution in [0.3, 0.4) is 0 Å². The minimum atomic E-state index is -2.93. The smallest absolute Gasteiger partial charge is 0.407 e. The van der Waals surface area contributed by atoms with Crippen LogP contribution in [0.5, 0.6) is 5.75 Å². The number of ether oxygens (including phenoxy) is 2. The molecule has 0 saturated heterocycles. The number of aliphatic imine (C=N–C) groups is 1. The third kappa shape index (κ3) is 11.3. The summed E-state index contributed by atoms with van der Waals surface area (Å²) in [6.45, 7) is 3.26. The summed E-state index contributed by atoms with van der Waals surface area (Å²) in [6.07, 6.45) is -0.514. The standard InChI is InChI=1S/C17H25ClF2N4O3.HI/c1-17(2,3)27-16(25)23-8-7-22-15(21-4)24-10-11-9-12(18)5-6-13(11)26-14(19)20;/h5-6,9,14H,7-8,10H2,1-4H3,(H,23,25)(H2,21,22,24);1H. The van der Waals surface area contributed by atoms with Gasteiger partial charge in [0.15, 0.2) is 5.96 Å². The van der Waals surface area contributed by atoms with E-state index < -0.39 is 18.3 Å². The number of rotatable bonds is 7. The van der Waals surface area contributed by atoms with Gasteiger partial charge >= 0.3 is 12.7 Å². The van der Waals surface area contributed by atoms with Crippen molar-refractivity contribution < 1.29 is 23.0 Å². The van der Waals surface area contributed by atoms with Crippen LogP contribution in [-0.2, 0) is 11.3 Å². The van der Waals surface area contributed by atoms with Crippen LogP contribution >= 0.6 is 35.6 Å². The molecule has 7 nitrogen and oxygen atoms in total. The van der Waals surface area contributed by atoms with Gasteiger partial charge in [0.25, 0.3) is 0 Å². The van der Waals surface area contributed by atoms with Crippen LogP contribution in [-0.4, -0.2) is 44.4 Å². The molecule has 1 amide bonds. The number of carbonyl (C=O) groups is 1. The molecule has 0 aliphatic carbocycles. The first-order chi connectivity index (χ1) is 12.6. The van der Waals surface area contributed by atoms with Gasteiger partial charge in [-0.2, -0.15) is 8.78 Å². The fourth-order valence-corrected chi connectivity index (χ4v) is 2.15. The summed E-state index contributed by atoms with van der Waals surface area (Å²) < 4.78 is 34.6. The number of halogens is 4. The second-order valence-corrected chi connectivity index (χ2v) is 6.85. The third-order valence-corrected chi connectivity index (χ3v) is 3.23. The highest BCUT2D eigenvalue weighted by atomic mass is 127. The van der Waals surface area contributed by atoms with E-state index in [-0.39, 0.29) is 36.3 Å². The molecule has 1 aromatic carbocycles. The fraction of sp³-hybridized carbons (Fsp3) is 0.529. The topological polar surface area (TPSA) is 84.0 Å². The van der Waals surface area contributed by atoms with Gasteiger partial charge in [-0.1, -0.05) is 11.6 Å². The van der Waals surface area contributed by atoms with Crippen LogP contribution in [0.25, 0.3) is 0 Å². The Hall–Kier alpha value is -1.56. The van der Waals surface area contributed by atoms with Crippen molar-refractivity contribution in [2.75, 3.05) is 20.1 Å². The lowest BCUT2D eigenvalue weighted by Crippen LogP contribution is -2.42. The number of guanidine groups is 1. The largest absolute Gasteiger partial charge is 0.444 e. The molecule has 1 rings (SSSR count). The van der Waals surface area contributed by atoms with Crippen LogP contribution in [0.2, 0.25) is 5.02 Å². The molecule has 0 aliphatic rings. The van der Waals surface area contributed by atoms with Crippen LogP contribution in [0.15, 0.2) is 23.2 Å². The van der Waals surface area contributed by atoms with E-state index in [1.807, 2.05) is 0 Å². The fourth-order valence-electron chi connectivity index (χ4n) is 1.96. The normalized spacial score (nSPS) is 11.5. The molecule has 0 fully saturated rings. The lowest BCUT2D eigenvalue weighted by molar-refractivity contribution is -0.0504. The van der Waals surface area contributed by atoms with Crippen molar-refractivity contribution in [1.29, 1.82) is 0 Å². The Morgan fingerprint density at radius 2 is 1.86 bits per heavy atom. The second kappa shape index (κ2) is 12.8. The van der Waals surface area contributed by atoms with Gasteiger partial charge < -0.3 is 25.4 Å². The van der Waals surface area contributed by atoms with Gasteiger partial charge in [0, 0.05) is 37.3 Å². The maximum Gasteiger partial charge on any atom is 0.407 e. The van der Waals surface area contributed by atoms with E-state index in [9.17, 15) is 13.6 Å². The molecule has 0 atom stereocenters. The third-order valence-electron chi connectivity index (χ3n) is 2.99. The van der Waals surface area contributed by atoms with E-state index in [0.717, 1.165) is 0 Å². The summed E-state index contributed by atoms with van der Waals surface area (Å²) in [6, 6.07) is 4.38. The first kappa shape index (κ1) is 26.4. The number of alkyl carbamates (subject to hydrolysis) is 1. The highest BCUT2D eigenvalue weighted by molar-refractivity contribution is 14.0. The summed E-state index contributed by atoms with van der Waals surface area (Å²) >= 11 is 5.91. The predicted molar refractivity (Wildman–Crippen MR) is 116 cm³/mol. The Balaban J connectivity index is 0.00000729. The van der Waals surface area contributed by atoms with Crippen molar-refractivity contribution in [2.45, 2.75) is 39.5 Å². The molecule has 0 spiro atoms. The first-order valence-electron chi connectivity index (χ1n) is 8.25. The Kier molecular flexibility index (Phi) is 12.1. The van der Waals surface area contributed by atoms with E-state index in [1.165, 1.54) is 18.2 Å². The Morgan fingerprint density at radius 1 is 1.21 bits per heavy atom. The molecule has 0 aromatic heterocycles. The van der Waals surface area contributed by atoms with E-state index in [1.54, 1.807) is 27.8 Å². The molecule has 11 heteroatoms. The van der Waals surface area contributed by atoms with Crippen molar-refractivity contribution >= 4 is 47.6 Å². The maximum absolute atomic E-state index is 12.5. The molecule has 1 aromatic rings. The quantitative estimate of drug-likeness (QED) is 0.215. The molecule has 0 heterocycles. The number of amides is 1. The SMILES string of the molecule is CN=C(NCCNC(=O)OC(C)(C)C)NCc1cc(Cl)ccc1OC(F)F.I. The van der Waals surface area contributed by atoms with Gasteiger partial charge in [-0.15, -0.1) is 24.0 Å². The van der Waals surface area contributed by atoms with Gasteiger partial charge in [0.2, 0.25) is 0 Å². The molecule has 3 N–H and O–H groups in total. The summed E-state index contributed by atoms with van der Waals surface area (Å²) in [5, 5.41) is 8.95. The molecule has 28 heavy (non-hydrogen) atoms. The number of alkyl halides is 2. The highest BCUT2D eigenvalue weighted by Gasteiger charge is 2.15. The minimum Gasteiger partial charge on any atom is -0.444 e. The van der Waals surface area contributed by atoms with E-state index in [4.69, 9.17) is 16.3 Å². The number of hydrogen-bond donors (Lipinski definition) is 3. The number of nitrogens with zero attached hydrogens (tertiary/aromatic N) is 1. The van der Waals surface area contributed by atoms with Crippen molar-refractivity contribution in [1.82, 2.24) is 16.0 Å². The first-order valence-corrected chi connectivity index (χ1v) is 8.63. The number of benzene rings is 1. The van der Waals surface area contributed by atoms with Crippen LogP contribution in [0.1, 0.15) is 26.3 Å². The van der Waals surface area contributed by atoms with Gasteiger partial charge in [-0.3, -0.25) is 4.99 Å². The number of carbonyl (C=O) groups excluding carboxylic acids is 1. The van der Waals surface area contributed by atoms with Gasteiger partial charge in [0.1, 0.15) is 11.4 Å². The van der Waals surface area contributed by atoms with Crippen LogP contribution < -0.4 is 20.7 Å². The summed E-state index contributed by atoms with van der Waals surface area (Å²) in [7, 11) is 1.56. The zero-order valence-corrected chi connectivity index (χ0v) is 19.2. The van der Waals surface area contributed by atoms with E-state index in [2.05, 4.69) is 25.7 Å². The Bertz CT molecular complexity index is 658. The summed E-state index contributed by atoms with van der Waals surface area (Å²) in [5.74, 6) is 0.452. The predicted octanol–water partition coefficient (Wildman–Crippen LogP) is 3.75. The second-order valence-electron chi connectivity index (χ2n) is 6.41. The van der Waals surface area contributed by atoms with Crippen molar-refractivity contribution in [3.05, 3.63) is 28.8 Å². The molecule has 0 aliphatic heterocycles. The Morgan fingerprint density at radius 3 is 2.43 bits per heavy atom. The summed E-state index contributed by atoms with van der Waals surface area (Å²) in [5.41, 5.74) is -0.109. The number of nitrogens with one attached hydrogen (secondary N) is 3. The maximum atomic E-state index is 12.5. The average Bonchev–Trinajstić information content (AvgIpc) is 2.54. The molecule has 160 valence electrons. The van der Waals surface area contributed by atoms with E-state index >= 15 is 0 Å². The van der Waals surface area contributed by atoms with Crippen molar-refractivity contribution in [3.63, 3.8) is 0 Å². The van der Waals surface area contributed by atoms with Crippen LogP contribution in [0.4, 0.5) is 13.6 Å². The van der Waals surface area contributed by atoms with Gasteiger partial charge in [-0.05, 0) is 39.0 Å². The highest BCUT2D eigenvalue weighted by Crippen LogP contribution is 2.24. The molecule has 0 bridgehead atoms. The average molecular weight is 535 g/mol. The van der Waals surface area contributed by atoms with E-state index in [0.29, 0.717) is 29.6 Å². The van der Waals surface area contributed by atoms with Crippen LogP contribution in [0, 0.1) is 0 Å². The van der Waals surface area contributed by atoms with Crippen molar-refractivity contribution in [3.8, 4) is 5.75 Å². The molecular weight excluding hydrogens is 509 g/mol. The monoisotopic (exact) mass is 534 g/mol. The Labute approximate surface area is 185 Å².